The number of nitrogens with zero attached hydrogens (tertiary/aromatic N) is 2. The fourth-order valence-electron chi connectivity index (χ4n) is 2.81. The van der Waals surface area contributed by atoms with Gasteiger partial charge in [-0.25, -0.2) is 4.57 Å². The van der Waals surface area contributed by atoms with Gasteiger partial charge in [-0.15, -0.1) is 0 Å². The van der Waals surface area contributed by atoms with Crippen molar-refractivity contribution in [3.05, 3.63) is 80.5 Å². The number of methoxy groups -OCH3 is 1. The summed E-state index contributed by atoms with van der Waals surface area (Å²) in [6.45, 7) is 6.27. The second-order valence-corrected chi connectivity index (χ2v) is 7.52. The van der Waals surface area contributed by atoms with Crippen LogP contribution in [0.25, 0.3) is 5.88 Å². The first-order chi connectivity index (χ1) is 14.0. The second-order valence-electron chi connectivity index (χ2n) is 6.48. The molecule has 0 aliphatic heterocycles. The minimum atomic E-state index is -0.329. The molecule has 0 fully saturated rings. The number of aromatic nitrogens is 2. The van der Waals surface area contributed by atoms with Crippen molar-refractivity contribution >= 4 is 17.2 Å². The van der Waals surface area contributed by atoms with E-state index in [1.54, 1.807) is 0 Å². The Morgan fingerprint density at radius 2 is 1.93 bits per heavy atom. The Balaban J connectivity index is 1.57. The lowest BCUT2D eigenvalue weighted by molar-refractivity contribution is 0.320. The van der Waals surface area contributed by atoms with Crippen LogP contribution in [0.2, 0.25) is 0 Å². The van der Waals surface area contributed by atoms with Crippen molar-refractivity contribution < 1.29 is 14.6 Å². The van der Waals surface area contributed by atoms with E-state index < -0.39 is 0 Å². The molecule has 0 atom stereocenters. The highest BCUT2D eigenvalue weighted by atomic mass is 32.1. The van der Waals surface area contributed by atoms with E-state index in [-0.39, 0.29) is 16.6 Å². The van der Waals surface area contributed by atoms with Crippen molar-refractivity contribution in [1.82, 2.24) is 9.55 Å². The van der Waals surface area contributed by atoms with Crippen molar-refractivity contribution in [2.75, 3.05) is 13.7 Å². The first kappa shape index (κ1) is 20.7. The Morgan fingerprint density at radius 1 is 1.21 bits per heavy atom. The summed E-state index contributed by atoms with van der Waals surface area (Å²) in [4.78, 5) is 16.7. The molecule has 29 heavy (non-hydrogen) atoms. The Bertz CT molecular complexity index is 1020. The molecule has 1 aromatic carbocycles. The molecule has 0 unspecified atom stereocenters. The predicted molar refractivity (Wildman–Crippen MR) is 115 cm³/mol. The van der Waals surface area contributed by atoms with E-state index in [2.05, 4.69) is 24.6 Å². The molecule has 0 aliphatic rings. The fraction of sp³-hybridized carbons (Fsp3) is 0.273. The molecule has 0 radical (unpaired) electrons. The van der Waals surface area contributed by atoms with E-state index in [0.717, 1.165) is 45.8 Å². The average Bonchev–Trinajstić information content (AvgIpc) is 3.02. The first-order valence-electron chi connectivity index (χ1n) is 9.34. The molecule has 0 saturated heterocycles. The van der Waals surface area contributed by atoms with Crippen LogP contribution in [0.4, 0.5) is 0 Å². The van der Waals surface area contributed by atoms with Crippen molar-refractivity contribution in [3.63, 3.8) is 0 Å². The number of aryl methyl sites for hydroxylation is 1. The van der Waals surface area contributed by atoms with Crippen LogP contribution in [0.3, 0.4) is 0 Å². The highest BCUT2D eigenvalue weighted by Gasteiger charge is 2.16. The smallest absolute Gasteiger partial charge is 0.317 e. The average molecular weight is 413 g/mol. The maximum Gasteiger partial charge on any atom is 0.317 e. The third kappa shape index (κ3) is 5.06. The van der Waals surface area contributed by atoms with Crippen LogP contribution < -0.4 is 9.61 Å². The molecular formula is C22H24N2O4S. The van der Waals surface area contributed by atoms with Gasteiger partial charge in [-0.3, -0.25) is 9.78 Å². The van der Waals surface area contributed by atoms with Gasteiger partial charge in [-0.05, 0) is 42.3 Å². The largest absolute Gasteiger partial charge is 0.493 e. The zero-order valence-corrected chi connectivity index (χ0v) is 17.4. The molecule has 3 rings (SSSR count). The first-order valence-corrected chi connectivity index (χ1v) is 10.2. The van der Waals surface area contributed by atoms with Gasteiger partial charge in [0.15, 0.2) is 5.88 Å². The summed E-state index contributed by atoms with van der Waals surface area (Å²) < 4.78 is 11.8. The zero-order valence-electron chi connectivity index (χ0n) is 16.6. The molecular weight excluding hydrogens is 388 g/mol. The summed E-state index contributed by atoms with van der Waals surface area (Å²) in [5, 5.41) is 10.3. The zero-order chi connectivity index (χ0) is 20.8. The molecule has 0 spiro atoms. The maximum absolute atomic E-state index is 12.0. The van der Waals surface area contributed by atoms with Crippen LogP contribution in [0.5, 0.6) is 11.6 Å². The summed E-state index contributed by atoms with van der Waals surface area (Å²) >= 11 is 0.976. The summed E-state index contributed by atoms with van der Waals surface area (Å²) in [6.07, 6.45) is 4.06. The summed E-state index contributed by atoms with van der Waals surface area (Å²) in [7, 11) is 1.40. The summed E-state index contributed by atoms with van der Waals surface area (Å²) in [5.41, 5.74) is 3.19. The van der Waals surface area contributed by atoms with Gasteiger partial charge in [0.1, 0.15) is 5.75 Å². The Hall–Kier alpha value is -3.06. The number of hydrogen-bond acceptors (Lipinski definition) is 6. The highest BCUT2D eigenvalue weighted by Crippen LogP contribution is 2.26. The lowest BCUT2D eigenvalue weighted by Gasteiger charge is -2.08. The second kappa shape index (κ2) is 9.43. The standard InChI is InChI=1S/C22H24N2O4S/c1-4-16-5-8-18(23-14-16)11-12-28-19-9-6-17(7-10-19)13-20-21(25)24(15(2)27-3)22(26)29-20/h5-10,14,25H,2,4,11-13H2,1,3H3. The Morgan fingerprint density at radius 3 is 2.55 bits per heavy atom. The fourth-order valence-corrected chi connectivity index (χ4v) is 3.72. The van der Waals surface area contributed by atoms with Crippen molar-refractivity contribution in [1.29, 1.82) is 0 Å². The monoisotopic (exact) mass is 412 g/mol. The van der Waals surface area contributed by atoms with Gasteiger partial charge in [0, 0.05) is 24.7 Å². The summed E-state index contributed by atoms with van der Waals surface area (Å²) in [5.74, 6) is 0.730. The highest BCUT2D eigenvalue weighted by molar-refractivity contribution is 7.09. The van der Waals surface area contributed by atoms with E-state index in [4.69, 9.17) is 9.47 Å². The van der Waals surface area contributed by atoms with E-state index >= 15 is 0 Å². The number of thiazole rings is 1. The summed E-state index contributed by atoms with van der Waals surface area (Å²) in [6, 6.07) is 11.7. The molecule has 2 aromatic heterocycles. The number of benzene rings is 1. The predicted octanol–water partition coefficient (Wildman–Crippen LogP) is 3.86. The third-order valence-corrected chi connectivity index (χ3v) is 5.48. The van der Waals surface area contributed by atoms with Crippen LogP contribution in [-0.4, -0.2) is 28.4 Å². The van der Waals surface area contributed by atoms with Crippen LogP contribution in [0, 0.1) is 0 Å². The minimum Gasteiger partial charge on any atom is -0.493 e. The third-order valence-electron chi connectivity index (χ3n) is 4.55. The van der Waals surface area contributed by atoms with Gasteiger partial charge in [-0.2, -0.15) is 0 Å². The maximum atomic E-state index is 12.0. The van der Waals surface area contributed by atoms with Gasteiger partial charge in [0.2, 0.25) is 5.88 Å². The molecule has 1 N–H and O–H groups in total. The lowest BCUT2D eigenvalue weighted by atomic mass is 10.1. The van der Waals surface area contributed by atoms with Gasteiger partial charge in [0.05, 0.1) is 18.6 Å². The van der Waals surface area contributed by atoms with E-state index in [1.807, 2.05) is 36.5 Å². The van der Waals surface area contributed by atoms with Gasteiger partial charge < -0.3 is 14.6 Å². The van der Waals surface area contributed by atoms with Crippen LogP contribution >= 0.6 is 11.3 Å². The Kier molecular flexibility index (Phi) is 6.72. The van der Waals surface area contributed by atoms with E-state index in [0.29, 0.717) is 17.9 Å². The lowest BCUT2D eigenvalue weighted by Crippen LogP contribution is -2.11. The molecule has 152 valence electrons. The quantitative estimate of drug-likeness (QED) is 0.540. The number of hydrogen-bond donors (Lipinski definition) is 1. The number of ether oxygens (including phenoxy) is 2. The molecule has 2 heterocycles. The van der Waals surface area contributed by atoms with Gasteiger partial charge in [-0.1, -0.05) is 36.5 Å². The van der Waals surface area contributed by atoms with Gasteiger partial charge >= 0.3 is 4.87 Å². The molecule has 0 saturated carbocycles. The minimum absolute atomic E-state index is 0.0950. The van der Waals surface area contributed by atoms with Crippen LogP contribution in [0.15, 0.2) is 54.0 Å². The van der Waals surface area contributed by atoms with Crippen molar-refractivity contribution in [2.24, 2.45) is 0 Å². The normalized spacial score (nSPS) is 10.7. The van der Waals surface area contributed by atoms with Crippen LogP contribution in [0.1, 0.15) is 28.6 Å². The molecule has 7 heteroatoms. The number of rotatable bonds is 9. The van der Waals surface area contributed by atoms with E-state index in [9.17, 15) is 9.90 Å². The number of pyridine rings is 1. The SMILES string of the molecule is C=C(OC)n1c(O)c(Cc2ccc(OCCc3ccc(CC)cn3)cc2)sc1=O. The number of aromatic hydroxyl groups is 1. The van der Waals surface area contributed by atoms with Crippen molar-refractivity contribution in [3.8, 4) is 11.6 Å². The molecule has 6 nitrogen and oxygen atoms in total. The molecule has 0 amide bonds. The van der Waals surface area contributed by atoms with Crippen molar-refractivity contribution in [2.45, 2.75) is 26.2 Å². The molecule has 3 aromatic rings. The van der Waals surface area contributed by atoms with Crippen LogP contribution in [-0.2, 0) is 24.0 Å². The topological polar surface area (TPSA) is 73.6 Å². The molecule has 0 bridgehead atoms. The van der Waals surface area contributed by atoms with E-state index in [1.165, 1.54) is 12.7 Å². The Labute approximate surface area is 173 Å². The van der Waals surface area contributed by atoms with Gasteiger partial charge in [0.25, 0.3) is 0 Å². The molecule has 0 aliphatic carbocycles.